The maximum atomic E-state index is 12.3. The van der Waals surface area contributed by atoms with Crippen molar-refractivity contribution in [1.82, 2.24) is 0 Å². The zero-order valence-corrected chi connectivity index (χ0v) is 21.5. The molecule has 4 aliphatic carbocycles. The van der Waals surface area contributed by atoms with E-state index in [9.17, 15) is 4.79 Å². The molecule has 0 spiro atoms. The molecule has 8 atom stereocenters. The van der Waals surface area contributed by atoms with Crippen LogP contribution in [0.15, 0.2) is 11.6 Å². The second kappa shape index (κ2) is 8.98. The summed E-state index contributed by atoms with van der Waals surface area (Å²) in [5, 5.41) is 0. The zero-order valence-electron chi connectivity index (χ0n) is 21.5. The second-order valence-electron chi connectivity index (χ2n) is 13.1. The van der Waals surface area contributed by atoms with Gasteiger partial charge in [-0.25, -0.2) is 0 Å². The van der Waals surface area contributed by atoms with Gasteiger partial charge in [-0.05, 0) is 96.9 Å². The van der Waals surface area contributed by atoms with E-state index in [4.69, 9.17) is 0 Å². The summed E-state index contributed by atoms with van der Waals surface area (Å²) in [5.41, 5.74) is 2.42. The maximum Gasteiger partial charge on any atom is 0.155 e. The van der Waals surface area contributed by atoms with E-state index in [0.29, 0.717) is 16.6 Å². The Hall–Kier alpha value is -0.590. The van der Waals surface area contributed by atoms with Crippen molar-refractivity contribution >= 4 is 5.78 Å². The van der Waals surface area contributed by atoms with Crippen LogP contribution >= 0.6 is 0 Å². The molecule has 0 bridgehead atoms. The van der Waals surface area contributed by atoms with Crippen molar-refractivity contribution in [3.63, 3.8) is 0 Å². The summed E-state index contributed by atoms with van der Waals surface area (Å²) in [6, 6.07) is 0. The lowest BCUT2D eigenvalue weighted by molar-refractivity contribution is -0.119. The molecule has 3 fully saturated rings. The Morgan fingerprint density at radius 1 is 1.03 bits per heavy atom. The third-order valence-electron chi connectivity index (χ3n) is 11.0. The first kappa shape index (κ1) is 23.6. The smallest absolute Gasteiger partial charge is 0.155 e. The molecule has 0 radical (unpaired) electrons. The number of carbonyl (C=O) groups excluding carboxylic acids is 1. The van der Waals surface area contributed by atoms with Gasteiger partial charge in [0.05, 0.1) is 0 Å². The van der Waals surface area contributed by atoms with Crippen molar-refractivity contribution in [2.24, 2.45) is 52.3 Å². The monoisotopic (exact) mass is 426 g/mol. The summed E-state index contributed by atoms with van der Waals surface area (Å²) in [7, 11) is 0. The Morgan fingerprint density at radius 2 is 1.81 bits per heavy atom. The molecular weight excluding hydrogens is 376 g/mol. The molecule has 0 N–H and O–H groups in total. The molecule has 31 heavy (non-hydrogen) atoms. The van der Waals surface area contributed by atoms with Crippen LogP contribution in [0.1, 0.15) is 119 Å². The van der Waals surface area contributed by atoms with E-state index in [-0.39, 0.29) is 0 Å². The Labute approximate surface area is 193 Å². The minimum absolute atomic E-state index is 0.311. The van der Waals surface area contributed by atoms with Crippen LogP contribution in [-0.2, 0) is 4.79 Å². The molecule has 0 aromatic carbocycles. The number of fused-ring (bicyclic) bond motifs is 5. The highest BCUT2D eigenvalue weighted by Crippen LogP contribution is 2.69. The van der Waals surface area contributed by atoms with Gasteiger partial charge in [-0.15, -0.1) is 0 Å². The van der Waals surface area contributed by atoms with Gasteiger partial charge >= 0.3 is 0 Å². The van der Waals surface area contributed by atoms with Crippen molar-refractivity contribution in [2.45, 2.75) is 119 Å². The lowest BCUT2D eigenvalue weighted by Crippen LogP contribution is -2.54. The first-order valence-corrected chi connectivity index (χ1v) is 13.9. The highest BCUT2D eigenvalue weighted by molar-refractivity contribution is 5.91. The van der Waals surface area contributed by atoms with Crippen LogP contribution in [0.4, 0.5) is 0 Å². The topological polar surface area (TPSA) is 17.1 Å². The molecule has 4 rings (SSSR count). The number of ketones is 1. The molecule has 7 unspecified atom stereocenters. The van der Waals surface area contributed by atoms with Crippen LogP contribution in [0.25, 0.3) is 0 Å². The number of hydrogen-bond donors (Lipinski definition) is 0. The van der Waals surface area contributed by atoms with Gasteiger partial charge in [0, 0.05) is 6.42 Å². The summed E-state index contributed by atoms with van der Waals surface area (Å²) in [6.07, 6.45) is 17.9. The third-order valence-corrected chi connectivity index (χ3v) is 11.0. The van der Waals surface area contributed by atoms with Crippen molar-refractivity contribution in [2.75, 3.05) is 0 Å². The van der Waals surface area contributed by atoms with Crippen LogP contribution in [0.5, 0.6) is 0 Å². The molecule has 0 aromatic heterocycles. The van der Waals surface area contributed by atoms with E-state index in [1.807, 2.05) is 0 Å². The van der Waals surface area contributed by atoms with Gasteiger partial charge in [-0.3, -0.25) is 4.79 Å². The predicted molar refractivity (Wildman–Crippen MR) is 132 cm³/mol. The van der Waals surface area contributed by atoms with Crippen molar-refractivity contribution < 1.29 is 4.79 Å². The average Bonchev–Trinajstić information content (AvgIpc) is 3.06. The molecule has 0 heterocycles. The minimum atomic E-state index is 0.311. The van der Waals surface area contributed by atoms with Gasteiger partial charge in [-0.1, -0.05) is 79.2 Å². The summed E-state index contributed by atoms with van der Waals surface area (Å²) < 4.78 is 0. The number of hydrogen-bond acceptors (Lipinski definition) is 1. The van der Waals surface area contributed by atoms with E-state index < -0.39 is 0 Å². The van der Waals surface area contributed by atoms with E-state index >= 15 is 0 Å². The minimum Gasteiger partial charge on any atom is -0.295 e. The summed E-state index contributed by atoms with van der Waals surface area (Å²) in [6.45, 7) is 15.0. The zero-order chi connectivity index (χ0) is 22.4. The predicted octanol–water partition coefficient (Wildman–Crippen LogP) is 8.62. The summed E-state index contributed by atoms with van der Waals surface area (Å²) in [4.78, 5) is 12.3. The molecule has 1 nitrogen and oxygen atoms in total. The fraction of sp³-hybridized carbons (Fsp3) is 0.900. The number of allylic oxidation sites excluding steroid dienone is 1. The Balaban J connectivity index is 1.58. The van der Waals surface area contributed by atoms with E-state index in [1.54, 1.807) is 5.57 Å². The van der Waals surface area contributed by atoms with Crippen LogP contribution < -0.4 is 0 Å². The van der Waals surface area contributed by atoms with Gasteiger partial charge in [0.1, 0.15) is 0 Å². The molecule has 0 amide bonds. The Bertz CT molecular complexity index is 689. The molecule has 176 valence electrons. The summed E-state index contributed by atoms with van der Waals surface area (Å²) in [5.74, 6) is 6.54. The van der Waals surface area contributed by atoms with Crippen molar-refractivity contribution in [3.8, 4) is 0 Å². The molecular formula is C30H50O. The van der Waals surface area contributed by atoms with Crippen molar-refractivity contribution in [3.05, 3.63) is 11.6 Å². The van der Waals surface area contributed by atoms with Crippen LogP contribution in [0.3, 0.4) is 0 Å². The number of carbonyl (C=O) groups is 1. The van der Waals surface area contributed by atoms with Gasteiger partial charge < -0.3 is 0 Å². The first-order valence-electron chi connectivity index (χ1n) is 13.9. The molecule has 1 heteroatoms. The number of rotatable bonds is 7. The van der Waals surface area contributed by atoms with Crippen LogP contribution in [0.2, 0.25) is 0 Å². The average molecular weight is 427 g/mol. The Morgan fingerprint density at radius 3 is 2.52 bits per heavy atom. The fourth-order valence-corrected chi connectivity index (χ4v) is 9.39. The van der Waals surface area contributed by atoms with E-state index in [2.05, 4.69) is 47.6 Å². The molecule has 4 aliphatic rings. The third kappa shape index (κ3) is 4.10. The van der Waals surface area contributed by atoms with Crippen molar-refractivity contribution in [1.29, 1.82) is 0 Å². The molecule has 3 saturated carbocycles. The normalized spacial score (nSPS) is 43.3. The standard InChI is InChI=1S/C30H50O/c1-7-9-22-18-23-19-24(31)14-16-29(23,5)27-15-17-30(6)25(12-13-26(30)28(22)27)21(4)11-8-10-20(2)3/h19-22,25-28H,7-18H2,1-6H3/t21?,22?,25?,26?,27?,28?,29?,30-/m1/s1. The lowest BCUT2D eigenvalue weighted by atomic mass is 9.44. The maximum absolute atomic E-state index is 12.3. The molecule has 0 aromatic rings. The largest absolute Gasteiger partial charge is 0.295 e. The van der Waals surface area contributed by atoms with E-state index in [0.717, 1.165) is 54.3 Å². The van der Waals surface area contributed by atoms with Crippen LogP contribution in [0, 0.1) is 52.3 Å². The highest BCUT2D eigenvalue weighted by Gasteiger charge is 2.61. The van der Waals surface area contributed by atoms with Gasteiger partial charge in [0.2, 0.25) is 0 Å². The fourth-order valence-electron chi connectivity index (χ4n) is 9.39. The summed E-state index contributed by atoms with van der Waals surface area (Å²) >= 11 is 0. The molecule has 0 saturated heterocycles. The molecule has 0 aliphatic heterocycles. The highest BCUT2D eigenvalue weighted by atomic mass is 16.1. The Kier molecular flexibility index (Phi) is 6.83. The van der Waals surface area contributed by atoms with Gasteiger partial charge in [0.15, 0.2) is 5.78 Å². The SMILES string of the molecule is CCCC1CC2=CC(=O)CCC2(C)C2CC[C@]3(C)C(C(C)CCCC(C)C)CCC3C12. The lowest BCUT2D eigenvalue weighted by Gasteiger charge is -2.61. The van der Waals surface area contributed by atoms with Gasteiger partial charge in [-0.2, -0.15) is 0 Å². The second-order valence-corrected chi connectivity index (χ2v) is 13.1. The quantitative estimate of drug-likeness (QED) is 0.398. The van der Waals surface area contributed by atoms with E-state index in [1.165, 1.54) is 64.2 Å². The van der Waals surface area contributed by atoms with Crippen LogP contribution in [-0.4, -0.2) is 5.78 Å². The first-order chi connectivity index (χ1) is 14.7. The van der Waals surface area contributed by atoms with Gasteiger partial charge in [0.25, 0.3) is 0 Å².